The Morgan fingerprint density at radius 3 is 2.46 bits per heavy atom. The highest BCUT2D eigenvalue weighted by Crippen LogP contribution is 2.13. The van der Waals surface area contributed by atoms with Crippen LogP contribution in [0.2, 0.25) is 5.02 Å². The van der Waals surface area contributed by atoms with E-state index < -0.39 is 0 Å². The van der Waals surface area contributed by atoms with E-state index in [0.717, 1.165) is 5.69 Å². The van der Waals surface area contributed by atoms with E-state index in [1.807, 2.05) is 0 Å². The Balaban J connectivity index is 2.65. The van der Waals surface area contributed by atoms with Crippen LogP contribution in [0.4, 0.5) is 5.69 Å². The minimum Gasteiger partial charge on any atom is -0.348 e. The Bertz CT molecular complexity index is 295. The molecule has 3 nitrogen and oxygen atoms in total. The van der Waals surface area contributed by atoms with Crippen molar-refractivity contribution in [2.24, 2.45) is 0 Å². The fourth-order valence-corrected chi connectivity index (χ4v) is 0.925. The van der Waals surface area contributed by atoms with E-state index in [4.69, 9.17) is 11.6 Å². The summed E-state index contributed by atoms with van der Waals surface area (Å²) in [5.41, 5.74) is 4.35. The van der Waals surface area contributed by atoms with Crippen LogP contribution in [0.3, 0.4) is 0 Å². The molecule has 0 aromatic heterocycles. The van der Waals surface area contributed by atoms with Gasteiger partial charge in [-0.05, 0) is 31.2 Å². The van der Waals surface area contributed by atoms with Crippen LogP contribution in [-0.4, -0.2) is 11.9 Å². The lowest BCUT2D eigenvalue weighted by molar-refractivity contribution is -0.396. The predicted molar refractivity (Wildman–Crippen MR) is 52.4 cm³/mol. The summed E-state index contributed by atoms with van der Waals surface area (Å²) in [6, 6.07) is 6.71. The number of anilines is 1. The summed E-state index contributed by atoms with van der Waals surface area (Å²) >= 11 is 5.69. The number of carbonyl (C=O) groups is 1. The van der Waals surface area contributed by atoms with Crippen LogP contribution >= 0.6 is 11.6 Å². The summed E-state index contributed by atoms with van der Waals surface area (Å²) in [5.74, 6) is -0.0951. The van der Waals surface area contributed by atoms with Gasteiger partial charge in [0.25, 0.3) is 5.91 Å². The lowest BCUT2D eigenvalue weighted by Crippen LogP contribution is -2.64. The molecule has 0 aliphatic heterocycles. The van der Waals surface area contributed by atoms with Crippen molar-refractivity contribution in [3.05, 3.63) is 29.3 Å². The topological polar surface area (TPSA) is 56.7 Å². The third kappa shape index (κ3) is 3.05. The molecule has 13 heavy (non-hydrogen) atoms. The van der Waals surface area contributed by atoms with Crippen LogP contribution < -0.4 is 11.1 Å². The van der Waals surface area contributed by atoms with Crippen LogP contribution in [0.1, 0.15) is 6.92 Å². The largest absolute Gasteiger partial charge is 0.348 e. The molecule has 1 atom stereocenters. The first-order chi connectivity index (χ1) is 6.09. The van der Waals surface area contributed by atoms with Gasteiger partial charge in [-0.25, -0.2) is 0 Å². The molecule has 0 aliphatic rings. The maximum absolute atomic E-state index is 11.2. The van der Waals surface area contributed by atoms with Crippen molar-refractivity contribution in [3.8, 4) is 0 Å². The molecule has 0 saturated carbocycles. The molecule has 1 amide bonds. The van der Waals surface area contributed by atoms with Gasteiger partial charge in [0.2, 0.25) is 0 Å². The zero-order chi connectivity index (χ0) is 9.84. The van der Waals surface area contributed by atoms with Gasteiger partial charge in [0, 0.05) is 10.7 Å². The fourth-order valence-electron chi connectivity index (χ4n) is 0.799. The van der Waals surface area contributed by atoms with E-state index in [1.165, 1.54) is 0 Å². The van der Waals surface area contributed by atoms with Gasteiger partial charge in [-0.15, -0.1) is 0 Å². The summed E-state index contributed by atoms with van der Waals surface area (Å²) in [6.45, 7) is 1.74. The van der Waals surface area contributed by atoms with Crippen LogP contribution in [0, 0.1) is 0 Å². The van der Waals surface area contributed by atoms with Crippen molar-refractivity contribution >= 4 is 23.2 Å². The van der Waals surface area contributed by atoms with Gasteiger partial charge in [0.1, 0.15) is 0 Å². The highest BCUT2D eigenvalue weighted by Gasteiger charge is 2.09. The first-order valence-corrected chi connectivity index (χ1v) is 4.37. The molecule has 0 spiro atoms. The molecular formula is C9H12ClN2O+. The molecule has 0 heterocycles. The molecule has 0 fully saturated rings. The van der Waals surface area contributed by atoms with E-state index in [9.17, 15) is 4.79 Å². The standard InChI is InChI=1S/C9H11ClN2O/c1-6(11)9(13)12-8-4-2-7(10)3-5-8/h2-6H,11H2,1H3,(H,12,13)/p+1. The van der Waals surface area contributed by atoms with Gasteiger partial charge < -0.3 is 11.1 Å². The van der Waals surface area contributed by atoms with Crippen LogP contribution in [-0.2, 0) is 4.79 Å². The number of nitrogens with one attached hydrogen (secondary N) is 1. The molecule has 1 aromatic rings. The van der Waals surface area contributed by atoms with E-state index in [-0.39, 0.29) is 11.9 Å². The number of amides is 1. The minimum absolute atomic E-state index is 0.0951. The van der Waals surface area contributed by atoms with Gasteiger partial charge in [-0.2, -0.15) is 0 Å². The second-order valence-corrected chi connectivity index (χ2v) is 3.33. The molecule has 0 radical (unpaired) electrons. The fraction of sp³-hybridized carbons (Fsp3) is 0.222. The van der Waals surface area contributed by atoms with Gasteiger partial charge in [-0.1, -0.05) is 11.6 Å². The third-order valence-electron chi connectivity index (χ3n) is 1.56. The molecule has 0 bridgehead atoms. The number of halogens is 1. The van der Waals surface area contributed by atoms with E-state index in [2.05, 4.69) is 11.1 Å². The van der Waals surface area contributed by atoms with E-state index in [1.54, 1.807) is 31.2 Å². The molecule has 1 rings (SSSR count). The lowest BCUT2D eigenvalue weighted by Gasteiger charge is -2.04. The summed E-state index contributed by atoms with van der Waals surface area (Å²) in [7, 11) is 0. The first kappa shape index (κ1) is 10.0. The Kier molecular flexibility index (Phi) is 3.28. The molecule has 0 saturated heterocycles. The van der Waals surface area contributed by atoms with Crippen LogP contribution in [0.5, 0.6) is 0 Å². The minimum atomic E-state index is -0.254. The SMILES string of the molecule is CC([NH3+])C(=O)Nc1ccc(Cl)cc1. The van der Waals surface area contributed by atoms with Crippen LogP contribution in [0.25, 0.3) is 0 Å². The monoisotopic (exact) mass is 199 g/mol. The predicted octanol–water partition coefficient (Wildman–Crippen LogP) is 0.909. The van der Waals surface area contributed by atoms with Gasteiger partial charge >= 0.3 is 0 Å². The van der Waals surface area contributed by atoms with Gasteiger partial charge in [-0.3, -0.25) is 4.79 Å². The van der Waals surface area contributed by atoms with Crippen LogP contribution in [0.15, 0.2) is 24.3 Å². The second kappa shape index (κ2) is 4.25. The Morgan fingerprint density at radius 2 is 2.00 bits per heavy atom. The molecule has 4 N–H and O–H groups in total. The van der Waals surface area contributed by atoms with E-state index in [0.29, 0.717) is 5.02 Å². The second-order valence-electron chi connectivity index (χ2n) is 2.90. The maximum atomic E-state index is 11.2. The number of hydrogen-bond donors (Lipinski definition) is 2. The maximum Gasteiger partial charge on any atom is 0.282 e. The number of carbonyl (C=O) groups excluding carboxylic acids is 1. The van der Waals surface area contributed by atoms with E-state index >= 15 is 0 Å². The van der Waals surface area contributed by atoms with Crippen molar-refractivity contribution in [2.75, 3.05) is 5.32 Å². The lowest BCUT2D eigenvalue weighted by atomic mass is 10.3. The average Bonchev–Trinajstić information content (AvgIpc) is 2.08. The number of quaternary nitrogens is 1. The zero-order valence-corrected chi connectivity index (χ0v) is 8.14. The molecule has 70 valence electrons. The molecule has 4 heteroatoms. The summed E-state index contributed by atoms with van der Waals surface area (Å²) in [4.78, 5) is 11.2. The number of hydrogen-bond acceptors (Lipinski definition) is 1. The quantitative estimate of drug-likeness (QED) is 0.731. The highest BCUT2D eigenvalue weighted by atomic mass is 35.5. The molecular weight excluding hydrogens is 188 g/mol. The Labute approximate surface area is 81.9 Å². The highest BCUT2D eigenvalue weighted by molar-refractivity contribution is 6.30. The molecule has 1 unspecified atom stereocenters. The van der Waals surface area contributed by atoms with Crippen molar-refractivity contribution in [3.63, 3.8) is 0 Å². The average molecular weight is 200 g/mol. The van der Waals surface area contributed by atoms with Gasteiger partial charge in [0.05, 0.1) is 0 Å². The first-order valence-electron chi connectivity index (χ1n) is 3.99. The van der Waals surface area contributed by atoms with Crippen molar-refractivity contribution < 1.29 is 10.5 Å². The normalized spacial score (nSPS) is 12.2. The summed E-state index contributed by atoms with van der Waals surface area (Å²) < 4.78 is 0. The van der Waals surface area contributed by atoms with Crippen molar-refractivity contribution in [1.82, 2.24) is 0 Å². The van der Waals surface area contributed by atoms with Crippen molar-refractivity contribution in [2.45, 2.75) is 13.0 Å². The summed E-state index contributed by atoms with van der Waals surface area (Å²) in [6.07, 6.45) is 0. The Morgan fingerprint density at radius 1 is 1.46 bits per heavy atom. The number of rotatable bonds is 2. The Hall–Kier alpha value is -1.06. The molecule has 0 aliphatic carbocycles. The zero-order valence-electron chi connectivity index (χ0n) is 7.38. The third-order valence-corrected chi connectivity index (χ3v) is 1.81. The molecule has 1 aromatic carbocycles. The van der Waals surface area contributed by atoms with Crippen molar-refractivity contribution in [1.29, 1.82) is 0 Å². The number of benzene rings is 1. The summed E-state index contributed by atoms with van der Waals surface area (Å²) in [5, 5.41) is 3.36. The van der Waals surface area contributed by atoms with Gasteiger partial charge in [0.15, 0.2) is 6.04 Å². The smallest absolute Gasteiger partial charge is 0.282 e.